The van der Waals surface area contributed by atoms with Crippen LogP contribution in [0.2, 0.25) is 0 Å². The Labute approximate surface area is 130 Å². The van der Waals surface area contributed by atoms with Crippen molar-refractivity contribution in [2.45, 2.75) is 20.3 Å². The number of nitrogens with two attached hydrogens (primary N) is 2. The van der Waals surface area contributed by atoms with Crippen molar-refractivity contribution in [2.24, 2.45) is 11.6 Å². The minimum Gasteiger partial charge on any atom is -0.457 e. The van der Waals surface area contributed by atoms with Gasteiger partial charge in [0.05, 0.1) is 11.4 Å². The predicted molar refractivity (Wildman–Crippen MR) is 87.0 cm³/mol. The average Bonchev–Trinajstić information content (AvgIpc) is 2.53. The molecule has 0 bridgehead atoms. The second-order valence-electron chi connectivity index (χ2n) is 4.97. The molecule has 1 aromatic heterocycles. The van der Waals surface area contributed by atoms with E-state index in [1.807, 2.05) is 38.1 Å². The van der Waals surface area contributed by atoms with Gasteiger partial charge in [-0.05, 0) is 36.6 Å². The van der Waals surface area contributed by atoms with Gasteiger partial charge in [0.15, 0.2) is 0 Å². The van der Waals surface area contributed by atoms with Crippen molar-refractivity contribution in [1.29, 1.82) is 0 Å². The summed E-state index contributed by atoms with van der Waals surface area (Å²) >= 11 is 0. The number of anilines is 1. The third-order valence-electron chi connectivity index (χ3n) is 3.06. The SMILES string of the molecule is CCc1cnc(OC/C(N)=C/N(N)c2cccc(C)c2)nc1. The molecule has 116 valence electrons. The normalized spacial score (nSPS) is 11.3. The first-order valence-electron chi connectivity index (χ1n) is 7.09. The molecular formula is C16H21N5O. The van der Waals surface area contributed by atoms with Gasteiger partial charge in [0.2, 0.25) is 0 Å². The van der Waals surface area contributed by atoms with Crippen molar-refractivity contribution in [1.82, 2.24) is 9.97 Å². The number of aromatic nitrogens is 2. The first-order valence-corrected chi connectivity index (χ1v) is 7.09. The molecule has 0 spiro atoms. The van der Waals surface area contributed by atoms with Gasteiger partial charge in [-0.3, -0.25) is 5.01 Å². The first kappa shape index (κ1) is 15.8. The smallest absolute Gasteiger partial charge is 0.316 e. The number of benzene rings is 1. The Hall–Kier alpha value is -2.60. The Balaban J connectivity index is 1.94. The van der Waals surface area contributed by atoms with Crippen molar-refractivity contribution >= 4 is 5.69 Å². The zero-order valence-electron chi connectivity index (χ0n) is 12.9. The molecule has 2 aromatic rings. The van der Waals surface area contributed by atoms with Gasteiger partial charge in [-0.25, -0.2) is 15.8 Å². The minimum absolute atomic E-state index is 0.172. The fourth-order valence-corrected chi connectivity index (χ4v) is 1.83. The van der Waals surface area contributed by atoms with Crippen LogP contribution in [0.4, 0.5) is 5.69 Å². The molecule has 1 heterocycles. The van der Waals surface area contributed by atoms with Gasteiger partial charge in [-0.1, -0.05) is 19.1 Å². The summed E-state index contributed by atoms with van der Waals surface area (Å²) < 4.78 is 5.43. The van der Waals surface area contributed by atoms with Crippen LogP contribution in [-0.4, -0.2) is 16.6 Å². The highest BCUT2D eigenvalue weighted by Gasteiger charge is 2.02. The predicted octanol–water partition coefficient (Wildman–Crippen LogP) is 1.91. The van der Waals surface area contributed by atoms with Crippen LogP contribution in [0.1, 0.15) is 18.1 Å². The van der Waals surface area contributed by atoms with Crippen molar-refractivity contribution in [3.63, 3.8) is 0 Å². The molecule has 0 aliphatic rings. The number of ether oxygens (including phenoxy) is 1. The highest BCUT2D eigenvalue weighted by Crippen LogP contribution is 2.13. The van der Waals surface area contributed by atoms with Crippen LogP contribution >= 0.6 is 0 Å². The molecule has 0 radical (unpaired) electrons. The van der Waals surface area contributed by atoms with Crippen LogP contribution < -0.4 is 21.3 Å². The van der Waals surface area contributed by atoms with Gasteiger partial charge in [-0.15, -0.1) is 0 Å². The van der Waals surface area contributed by atoms with Crippen LogP contribution in [0.3, 0.4) is 0 Å². The molecule has 0 amide bonds. The monoisotopic (exact) mass is 299 g/mol. The quantitative estimate of drug-likeness (QED) is 0.625. The van der Waals surface area contributed by atoms with Crippen LogP contribution in [0.5, 0.6) is 6.01 Å². The van der Waals surface area contributed by atoms with Gasteiger partial charge < -0.3 is 10.5 Å². The van der Waals surface area contributed by atoms with Crippen molar-refractivity contribution < 1.29 is 4.74 Å². The highest BCUT2D eigenvalue weighted by molar-refractivity contribution is 5.49. The summed E-state index contributed by atoms with van der Waals surface area (Å²) in [5.74, 6) is 5.96. The van der Waals surface area contributed by atoms with Crippen LogP contribution in [0.15, 0.2) is 48.6 Å². The number of nitrogens with zero attached hydrogens (tertiary/aromatic N) is 3. The topological polar surface area (TPSA) is 90.3 Å². The molecule has 6 nitrogen and oxygen atoms in total. The third-order valence-corrected chi connectivity index (χ3v) is 3.06. The van der Waals surface area contributed by atoms with E-state index in [4.69, 9.17) is 16.3 Å². The van der Waals surface area contributed by atoms with E-state index in [0.717, 1.165) is 23.2 Å². The van der Waals surface area contributed by atoms with Crippen molar-refractivity contribution in [2.75, 3.05) is 11.6 Å². The molecule has 22 heavy (non-hydrogen) atoms. The van der Waals surface area contributed by atoms with E-state index in [9.17, 15) is 0 Å². The van der Waals surface area contributed by atoms with Gasteiger partial charge in [0.1, 0.15) is 6.61 Å². The van der Waals surface area contributed by atoms with E-state index in [-0.39, 0.29) is 6.61 Å². The van der Waals surface area contributed by atoms with E-state index in [1.54, 1.807) is 18.6 Å². The summed E-state index contributed by atoms with van der Waals surface area (Å²) in [7, 11) is 0. The van der Waals surface area contributed by atoms with E-state index in [2.05, 4.69) is 9.97 Å². The van der Waals surface area contributed by atoms with Crippen LogP contribution in [-0.2, 0) is 6.42 Å². The fourth-order valence-electron chi connectivity index (χ4n) is 1.83. The lowest BCUT2D eigenvalue weighted by Crippen LogP contribution is -2.27. The summed E-state index contributed by atoms with van der Waals surface area (Å²) in [6.07, 6.45) is 5.99. The Morgan fingerprint density at radius 1 is 1.32 bits per heavy atom. The van der Waals surface area contributed by atoms with E-state index in [0.29, 0.717) is 11.7 Å². The van der Waals surface area contributed by atoms with E-state index < -0.39 is 0 Å². The summed E-state index contributed by atoms with van der Waals surface area (Å²) in [4.78, 5) is 8.22. The lowest BCUT2D eigenvalue weighted by molar-refractivity contribution is 0.321. The first-order chi connectivity index (χ1) is 10.6. The molecule has 1 aromatic carbocycles. The Morgan fingerprint density at radius 2 is 2.05 bits per heavy atom. The third kappa shape index (κ3) is 4.46. The summed E-state index contributed by atoms with van der Waals surface area (Å²) in [6.45, 7) is 4.22. The molecular weight excluding hydrogens is 278 g/mol. The van der Waals surface area contributed by atoms with Gasteiger partial charge in [0, 0.05) is 18.6 Å². The van der Waals surface area contributed by atoms with Gasteiger partial charge in [-0.2, -0.15) is 0 Å². The van der Waals surface area contributed by atoms with Crippen molar-refractivity contribution in [3.05, 3.63) is 59.7 Å². The molecule has 0 atom stereocenters. The fraction of sp³-hybridized carbons (Fsp3) is 0.250. The zero-order valence-corrected chi connectivity index (χ0v) is 12.9. The number of hydrogen-bond acceptors (Lipinski definition) is 6. The van der Waals surface area contributed by atoms with Gasteiger partial charge >= 0.3 is 6.01 Å². The molecule has 0 aliphatic heterocycles. The maximum Gasteiger partial charge on any atom is 0.316 e. The Morgan fingerprint density at radius 3 is 2.68 bits per heavy atom. The van der Waals surface area contributed by atoms with Gasteiger partial charge in [0.25, 0.3) is 0 Å². The summed E-state index contributed by atoms with van der Waals surface area (Å²) in [5.41, 5.74) is 9.43. The second-order valence-corrected chi connectivity index (χ2v) is 4.97. The second kappa shape index (κ2) is 7.42. The lowest BCUT2D eigenvalue weighted by Gasteiger charge is -2.15. The molecule has 4 N–H and O–H groups in total. The lowest BCUT2D eigenvalue weighted by atomic mass is 10.2. The molecule has 0 aliphatic carbocycles. The largest absolute Gasteiger partial charge is 0.457 e. The Kier molecular flexibility index (Phi) is 5.32. The minimum atomic E-state index is 0.172. The number of hydrazine groups is 1. The molecule has 0 unspecified atom stereocenters. The summed E-state index contributed by atoms with van der Waals surface area (Å²) in [5, 5.41) is 1.47. The molecule has 0 saturated carbocycles. The average molecular weight is 299 g/mol. The van der Waals surface area contributed by atoms with E-state index >= 15 is 0 Å². The highest BCUT2D eigenvalue weighted by atomic mass is 16.5. The molecule has 6 heteroatoms. The Bertz CT molecular complexity index is 639. The standard InChI is InChI=1S/C16H21N5O/c1-3-13-8-19-16(20-9-13)22-11-14(17)10-21(18)15-6-4-5-12(2)7-15/h4-10H,3,11,17-18H2,1-2H3/b14-10-. The van der Waals surface area contributed by atoms with Crippen LogP contribution in [0, 0.1) is 6.92 Å². The number of aryl methyl sites for hydroxylation is 2. The molecule has 0 saturated heterocycles. The summed E-state index contributed by atoms with van der Waals surface area (Å²) in [6, 6.07) is 8.12. The van der Waals surface area contributed by atoms with Crippen molar-refractivity contribution in [3.8, 4) is 6.01 Å². The molecule has 2 rings (SSSR count). The maximum absolute atomic E-state index is 5.96. The number of rotatable bonds is 6. The zero-order chi connectivity index (χ0) is 15.9. The van der Waals surface area contributed by atoms with E-state index in [1.165, 1.54) is 5.01 Å². The van der Waals surface area contributed by atoms with Crippen LogP contribution in [0.25, 0.3) is 0 Å². The maximum atomic E-state index is 5.96. The molecule has 0 fully saturated rings. The number of hydrogen-bond donors (Lipinski definition) is 2.